The minimum Gasteiger partial charge on any atom is -0.497 e. The van der Waals surface area contributed by atoms with E-state index in [0.717, 1.165) is 41.0 Å². The molecule has 0 aliphatic carbocycles. The van der Waals surface area contributed by atoms with Gasteiger partial charge < -0.3 is 10.1 Å². The number of anilines is 1. The minimum atomic E-state index is 0. The normalized spacial score (nSPS) is 10.1. The van der Waals surface area contributed by atoms with Crippen molar-refractivity contribution in [3.05, 3.63) is 29.8 Å². The first-order valence-corrected chi connectivity index (χ1v) is 6.59. The topological polar surface area (TPSA) is 34.2 Å². The maximum absolute atomic E-state index is 5.97. The van der Waals surface area contributed by atoms with Crippen LogP contribution in [-0.4, -0.2) is 18.6 Å². The molecule has 0 amide bonds. The highest BCUT2D eigenvalue weighted by Gasteiger charge is 2.06. The van der Waals surface area contributed by atoms with Crippen LogP contribution < -0.4 is 10.1 Å². The fourth-order valence-corrected chi connectivity index (χ4v) is 2.03. The fourth-order valence-electron chi connectivity index (χ4n) is 1.82. The SMILES string of the molecule is CCCNc1nc2ccc(OC)cc2cc1CCl.Cl. The summed E-state index contributed by atoms with van der Waals surface area (Å²) in [4.78, 5) is 4.61. The third kappa shape index (κ3) is 3.64. The third-order valence-corrected chi connectivity index (χ3v) is 3.08. The Balaban J connectivity index is 0.00000180. The number of hydrogen-bond donors (Lipinski definition) is 1. The molecule has 1 N–H and O–H groups in total. The zero-order valence-electron chi connectivity index (χ0n) is 11.1. The summed E-state index contributed by atoms with van der Waals surface area (Å²) < 4.78 is 5.21. The van der Waals surface area contributed by atoms with Gasteiger partial charge in [-0.15, -0.1) is 24.0 Å². The number of nitrogens with one attached hydrogen (secondary N) is 1. The maximum atomic E-state index is 5.97. The van der Waals surface area contributed by atoms with Crippen molar-refractivity contribution in [2.75, 3.05) is 19.0 Å². The molecule has 1 aromatic heterocycles. The summed E-state index contributed by atoms with van der Waals surface area (Å²) in [6.07, 6.45) is 1.06. The molecule has 0 aliphatic rings. The van der Waals surface area contributed by atoms with Gasteiger partial charge in [-0.25, -0.2) is 4.98 Å². The molecule has 2 rings (SSSR count). The van der Waals surface area contributed by atoms with Crippen LogP contribution >= 0.6 is 24.0 Å². The molecule has 1 aromatic carbocycles. The lowest BCUT2D eigenvalue weighted by atomic mass is 10.1. The number of benzene rings is 1. The Kier molecular flexibility index (Phi) is 6.19. The first kappa shape index (κ1) is 15.9. The van der Waals surface area contributed by atoms with Gasteiger partial charge in [-0.05, 0) is 30.7 Å². The van der Waals surface area contributed by atoms with Gasteiger partial charge >= 0.3 is 0 Å². The molecular weight excluding hydrogens is 283 g/mol. The number of hydrogen-bond acceptors (Lipinski definition) is 3. The summed E-state index contributed by atoms with van der Waals surface area (Å²) in [5, 5.41) is 4.36. The van der Waals surface area contributed by atoms with Gasteiger partial charge in [-0.1, -0.05) is 6.92 Å². The van der Waals surface area contributed by atoms with Gasteiger partial charge in [-0.2, -0.15) is 0 Å². The summed E-state index contributed by atoms with van der Waals surface area (Å²) in [5.41, 5.74) is 1.97. The second kappa shape index (κ2) is 7.41. The molecule has 0 saturated carbocycles. The number of nitrogens with zero attached hydrogens (tertiary/aromatic N) is 1. The predicted molar refractivity (Wildman–Crippen MR) is 83.9 cm³/mol. The molecule has 0 unspecified atom stereocenters. The van der Waals surface area contributed by atoms with Crippen molar-refractivity contribution in [2.24, 2.45) is 0 Å². The van der Waals surface area contributed by atoms with E-state index in [4.69, 9.17) is 16.3 Å². The van der Waals surface area contributed by atoms with Crippen molar-refractivity contribution in [2.45, 2.75) is 19.2 Å². The van der Waals surface area contributed by atoms with Crippen LogP contribution in [0.4, 0.5) is 5.82 Å². The number of methoxy groups -OCH3 is 1. The first-order chi connectivity index (χ1) is 8.78. The molecular formula is C14H18Cl2N2O. The summed E-state index contributed by atoms with van der Waals surface area (Å²) in [6.45, 7) is 3.03. The zero-order chi connectivity index (χ0) is 13.0. The average molecular weight is 301 g/mol. The molecule has 1 heterocycles. The molecule has 0 atom stereocenters. The highest BCUT2D eigenvalue weighted by atomic mass is 35.5. The lowest BCUT2D eigenvalue weighted by molar-refractivity contribution is 0.415. The van der Waals surface area contributed by atoms with E-state index in [1.165, 1.54) is 0 Å². The Labute approximate surface area is 124 Å². The Bertz CT molecular complexity index is 546. The van der Waals surface area contributed by atoms with Gasteiger partial charge in [0.1, 0.15) is 11.6 Å². The van der Waals surface area contributed by atoms with Gasteiger partial charge in [0.2, 0.25) is 0 Å². The van der Waals surface area contributed by atoms with Crippen LogP contribution in [0.3, 0.4) is 0 Å². The van der Waals surface area contributed by atoms with Crippen molar-refractivity contribution in [3.63, 3.8) is 0 Å². The summed E-state index contributed by atoms with van der Waals surface area (Å²) in [5.74, 6) is 2.16. The van der Waals surface area contributed by atoms with E-state index in [9.17, 15) is 0 Å². The largest absolute Gasteiger partial charge is 0.497 e. The average Bonchev–Trinajstić information content (AvgIpc) is 2.43. The van der Waals surface area contributed by atoms with Gasteiger partial charge in [0, 0.05) is 17.5 Å². The number of aromatic nitrogens is 1. The van der Waals surface area contributed by atoms with Crippen molar-refractivity contribution in [1.82, 2.24) is 4.98 Å². The molecule has 0 spiro atoms. The molecule has 0 radical (unpaired) electrons. The molecule has 104 valence electrons. The van der Waals surface area contributed by atoms with Crippen LogP contribution in [0, 0.1) is 0 Å². The predicted octanol–water partition coefficient (Wildman–Crippen LogP) is 4.23. The van der Waals surface area contributed by atoms with E-state index < -0.39 is 0 Å². The second-order valence-electron chi connectivity index (χ2n) is 4.12. The number of pyridine rings is 1. The molecule has 3 nitrogen and oxygen atoms in total. The van der Waals surface area contributed by atoms with Crippen LogP contribution in [0.2, 0.25) is 0 Å². The molecule has 5 heteroatoms. The van der Waals surface area contributed by atoms with E-state index in [1.807, 2.05) is 18.2 Å². The van der Waals surface area contributed by atoms with E-state index >= 15 is 0 Å². The Morgan fingerprint density at radius 2 is 2.11 bits per heavy atom. The summed E-state index contributed by atoms with van der Waals surface area (Å²) >= 11 is 5.97. The number of halogens is 2. The fraction of sp³-hybridized carbons (Fsp3) is 0.357. The number of alkyl halides is 1. The first-order valence-electron chi connectivity index (χ1n) is 6.06. The summed E-state index contributed by atoms with van der Waals surface area (Å²) in [6, 6.07) is 7.92. The van der Waals surface area contributed by atoms with Gasteiger partial charge in [-0.3, -0.25) is 0 Å². The van der Waals surface area contributed by atoms with Crippen LogP contribution in [0.15, 0.2) is 24.3 Å². The van der Waals surface area contributed by atoms with Crippen molar-refractivity contribution < 1.29 is 4.74 Å². The Morgan fingerprint density at radius 3 is 2.74 bits per heavy atom. The molecule has 0 fully saturated rings. The van der Waals surface area contributed by atoms with Gasteiger partial charge in [0.15, 0.2) is 0 Å². The van der Waals surface area contributed by atoms with Crippen molar-refractivity contribution in [3.8, 4) is 5.75 Å². The molecule has 0 saturated heterocycles. The monoisotopic (exact) mass is 300 g/mol. The van der Waals surface area contributed by atoms with E-state index in [1.54, 1.807) is 7.11 Å². The van der Waals surface area contributed by atoms with Crippen molar-refractivity contribution >= 4 is 40.7 Å². The highest BCUT2D eigenvalue weighted by molar-refractivity contribution is 6.17. The Hall–Kier alpha value is -1.19. The number of fused-ring (bicyclic) bond motifs is 1. The van der Waals surface area contributed by atoms with E-state index in [0.29, 0.717) is 5.88 Å². The minimum absolute atomic E-state index is 0. The van der Waals surface area contributed by atoms with Crippen molar-refractivity contribution in [1.29, 1.82) is 0 Å². The third-order valence-electron chi connectivity index (χ3n) is 2.79. The lowest BCUT2D eigenvalue weighted by Gasteiger charge is -2.11. The number of rotatable bonds is 5. The highest BCUT2D eigenvalue weighted by Crippen LogP contribution is 2.25. The quantitative estimate of drug-likeness (QED) is 0.839. The van der Waals surface area contributed by atoms with Gasteiger partial charge in [0.05, 0.1) is 18.5 Å². The maximum Gasteiger partial charge on any atom is 0.131 e. The smallest absolute Gasteiger partial charge is 0.131 e. The molecule has 19 heavy (non-hydrogen) atoms. The van der Waals surface area contributed by atoms with Gasteiger partial charge in [0.25, 0.3) is 0 Å². The lowest BCUT2D eigenvalue weighted by Crippen LogP contribution is -2.05. The Morgan fingerprint density at radius 1 is 1.32 bits per heavy atom. The molecule has 0 bridgehead atoms. The number of ether oxygens (including phenoxy) is 1. The molecule has 0 aliphatic heterocycles. The second-order valence-corrected chi connectivity index (χ2v) is 4.38. The zero-order valence-corrected chi connectivity index (χ0v) is 12.6. The molecule has 2 aromatic rings. The van der Waals surface area contributed by atoms with E-state index in [-0.39, 0.29) is 12.4 Å². The van der Waals surface area contributed by atoms with Crippen LogP contribution in [0.1, 0.15) is 18.9 Å². The standard InChI is InChI=1S/C14H17ClN2O.ClH/c1-3-6-16-14-11(9-15)7-10-8-12(18-2)4-5-13(10)17-14;/h4-5,7-8H,3,6,9H2,1-2H3,(H,16,17);1H. The van der Waals surface area contributed by atoms with Crippen LogP contribution in [0.5, 0.6) is 5.75 Å². The summed E-state index contributed by atoms with van der Waals surface area (Å²) in [7, 11) is 1.66. The van der Waals surface area contributed by atoms with Crippen LogP contribution in [-0.2, 0) is 5.88 Å². The van der Waals surface area contributed by atoms with E-state index in [2.05, 4.69) is 23.3 Å². The van der Waals surface area contributed by atoms with Crippen LogP contribution in [0.25, 0.3) is 10.9 Å².